The number of thiophene rings is 1. The number of benzene rings is 1. The van der Waals surface area contributed by atoms with Crippen LogP contribution in [0.15, 0.2) is 72.4 Å². The van der Waals surface area contributed by atoms with E-state index < -0.39 is 0 Å². The molecule has 1 aromatic carbocycles. The van der Waals surface area contributed by atoms with Crippen LogP contribution in [0.2, 0.25) is 0 Å². The third-order valence-electron chi connectivity index (χ3n) is 4.76. The minimum atomic E-state index is -0.195. The molecule has 164 valence electrons. The predicted molar refractivity (Wildman–Crippen MR) is 124 cm³/mol. The number of nitrogens with zero attached hydrogens (tertiary/aromatic N) is 3. The molecule has 0 aliphatic carbocycles. The maximum absolute atomic E-state index is 13.1. The van der Waals surface area contributed by atoms with Gasteiger partial charge in [-0.25, -0.2) is 4.98 Å². The van der Waals surface area contributed by atoms with Crippen molar-refractivity contribution in [2.24, 2.45) is 0 Å². The monoisotopic (exact) mass is 448 g/mol. The summed E-state index contributed by atoms with van der Waals surface area (Å²) in [6, 6.07) is 17.7. The van der Waals surface area contributed by atoms with Gasteiger partial charge in [0, 0.05) is 31.6 Å². The lowest BCUT2D eigenvalue weighted by Gasteiger charge is -2.10. The smallest absolute Gasteiger partial charge is 0.255 e. The van der Waals surface area contributed by atoms with E-state index in [-0.39, 0.29) is 5.91 Å². The third-order valence-corrected chi connectivity index (χ3v) is 5.64. The minimum Gasteiger partial charge on any atom is -0.475 e. The molecule has 0 fully saturated rings. The summed E-state index contributed by atoms with van der Waals surface area (Å²) in [4.78, 5) is 18.3. The average Bonchev–Trinajstić information content (AvgIpc) is 3.49. The molecule has 3 aromatic heterocycles. The Balaban J connectivity index is 1.52. The second-order valence-corrected chi connectivity index (χ2v) is 7.99. The lowest BCUT2D eigenvalue weighted by atomic mass is 10.2. The van der Waals surface area contributed by atoms with E-state index in [1.807, 2.05) is 64.7 Å². The van der Waals surface area contributed by atoms with Gasteiger partial charge in [0.05, 0.1) is 23.6 Å². The number of pyridine rings is 1. The molecule has 1 amide bonds. The summed E-state index contributed by atoms with van der Waals surface area (Å²) in [5.74, 6) is 0.294. The van der Waals surface area contributed by atoms with Crippen molar-refractivity contribution >= 4 is 17.2 Å². The summed E-state index contributed by atoms with van der Waals surface area (Å²) >= 11 is 1.56. The number of hydrogen-bond acceptors (Lipinski definition) is 6. The van der Waals surface area contributed by atoms with Crippen molar-refractivity contribution < 1.29 is 14.3 Å². The Morgan fingerprint density at radius 1 is 1.09 bits per heavy atom. The van der Waals surface area contributed by atoms with Gasteiger partial charge < -0.3 is 14.8 Å². The first-order valence-electron chi connectivity index (χ1n) is 10.2. The Morgan fingerprint density at radius 3 is 2.75 bits per heavy atom. The van der Waals surface area contributed by atoms with Crippen LogP contribution in [0.4, 0.5) is 0 Å². The Morgan fingerprint density at radius 2 is 1.97 bits per heavy atom. The van der Waals surface area contributed by atoms with Gasteiger partial charge in [-0.3, -0.25) is 9.48 Å². The number of rotatable bonds is 10. The topological polar surface area (TPSA) is 78.3 Å². The lowest BCUT2D eigenvalue weighted by molar-refractivity contribution is 0.0950. The number of carbonyl (C=O) groups is 1. The van der Waals surface area contributed by atoms with Gasteiger partial charge in [-0.05, 0) is 23.1 Å². The summed E-state index contributed by atoms with van der Waals surface area (Å²) in [7, 11) is 1.62. The van der Waals surface area contributed by atoms with Crippen LogP contribution in [-0.4, -0.2) is 41.0 Å². The van der Waals surface area contributed by atoms with Gasteiger partial charge in [0.1, 0.15) is 12.3 Å². The summed E-state index contributed by atoms with van der Waals surface area (Å²) in [6.07, 6.45) is 3.46. The molecule has 0 atom stereocenters. The number of carbonyl (C=O) groups excluding carboxylic acids is 1. The van der Waals surface area contributed by atoms with Crippen LogP contribution in [0.3, 0.4) is 0 Å². The van der Waals surface area contributed by atoms with Crippen LogP contribution < -0.4 is 10.1 Å². The molecule has 0 bridgehead atoms. The van der Waals surface area contributed by atoms with Crippen molar-refractivity contribution in [3.05, 3.63) is 89.1 Å². The van der Waals surface area contributed by atoms with Crippen molar-refractivity contribution in [2.75, 3.05) is 20.3 Å². The number of aromatic nitrogens is 3. The first-order valence-corrected chi connectivity index (χ1v) is 11.1. The molecule has 7 nitrogen and oxygen atoms in total. The molecule has 0 aliphatic rings. The molecule has 0 unspecified atom stereocenters. The van der Waals surface area contributed by atoms with Crippen molar-refractivity contribution in [1.82, 2.24) is 20.1 Å². The average molecular weight is 449 g/mol. The Bertz CT molecular complexity index is 1140. The fourth-order valence-electron chi connectivity index (χ4n) is 3.22. The summed E-state index contributed by atoms with van der Waals surface area (Å²) in [5, 5.41) is 9.67. The Kier molecular flexibility index (Phi) is 7.27. The normalized spacial score (nSPS) is 10.8. The Labute approximate surface area is 190 Å². The first-order chi connectivity index (χ1) is 15.7. The maximum Gasteiger partial charge on any atom is 0.255 e. The van der Waals surface area contributed by atoms with E-state index in [4.69, 9.17) is 14.6 Å². The SMILES string of the molecule is COCCOc1ncccc1CNC(=O)c1cn(Cc2ccccc2)nc1-c1cccs1. The standard InChI is InChI=1S/C24H24N4O3S/c1-30-12-13-31-24-19(9-5-11-25-24)15-26-23(29)20-17-28(16-18-7-3-2-4-8-18)27-22(20)21-10-6-14-32-21/h2-11,14,17H,12-13,15-16H2,1H3,(H,26,29). The summed E-state index contributed by atoms with van der Waals surface area (Å²) in [5.41, 5.74) is 3.13. The fourth-order valence-corrected chi connectivity index (χ4v) is 3.94. The number of ether oxygens (including phenoxy) is 2. The van der Waals surface area contributed by atoms with Gasteiger partial charge >= 0.3 is 0 Å². The molecule has 8 heteroatoms. The van der Waals surface area contributed by atoms with Crippen LogP contribution >= 0.6 is 11.3 Å². The highest BCUT2D eigenvalue weighted by Crippen LogP contribution is 2.27. The number of methoxy groups -OCH3 is 1. The van der Waals surface area contributed by atoms with Gasteiger partial charge in [0.2, 0.25) is 5.88 Å². The fraction of sp³-hybridized carbons (Fsp3) is 0.208. The van der Waals surface area contributed by atoms with Gasteiger partial charge in [0.15, 0.2) is 0 Å². The highest BCUT2D eigenvalue weighted by atomic mass is 32.1. The van der Waals surface area contributed by atoms with E-state index in [0.29, 0.717) is 43.4 Å². The quantitative estimate of drug-likeness (QED) is 0.371. The van der Waals surface area contributed by atoms with Crippen LogP contribution in [0.1, 0.15) is 21.5 Å². The van der Waals surface area contributed by atoms with E-state index in [2.05, 4.69) is 10.3 Å². The molecule has 0 spiro atoms. The zero-order chi connectivity index (χ0) is 22.2. The van der Waals surface area contributed by atoms with E-state index in [0.717, 1.165) is 16.0 Å². The molecule has 0 radical (unpaired) electrons. The van der Waals surface area contributed by atoms with E-state index in [1.54, 1.807) is 30.8 Å². The van der Waals surface area contributed by atoms with Crippen molar-refractivity contribution in [3.63, 3.8) is 0 Å². The molecule has 0 saturated heterocycles. The van der Waals surface area contributed by atoms with E-state index in [1.165, 1.54) is 0 Å². The molecule has 4 rings (SSSR count). The number of amides is 1. The van der Waals surface area contributed by atoms with Crippen LogP contribution in [0, 0.1) is 0 Å². The highest BCUT2D eigenvalue weighted by Gasteiger charge is 2.19. The largest absolute Gasteiger partial charge is 0.475 e. The van der Waals surface area contributed by atoms with Crippen LogP contribution in [0.5, 0.6) is 5.88 Å². The number of hydrogen-bond donors (Lipinski definition) is 1. The second-order valence-electron chi connectivity index (χ2n) is 7.04. The van der Waals surface area contributed by atoms with Crippen LogP contribution in [-0.2, 0) is 17.8 Å². The minimum absolute atomic E-state index is 0.195. The summed E-state index contributed by atoms with van der Waals surface area (Å²) in [6.45, 7) is 1.74. The molecular formula is C24H24N4O3S. The maximum atomic E-state index is 13.1. The zero-order valence-corrected chi connectivity index (χ0v) is 18.5. The second kappa shape index (κ2) is 10.7. The molecule has 1 N–H and O–H groups in total. The highest BCUT2D eigenvalue weighted by molar-refractivity contribution is 7.13. The van der Waals surface area contributed by atoms with E-state index in [9.17, 15) is 4.79 Å². The zero-order valence-electron chi connectivity index (χ0n) is 17.7. The Hall–Kier alpha value is -3.49. The van der Waals surface area contributed by atoms with Gasteiger partial charge in [-0.15, -0.1) is 11.3 Å². The van der Waals surface area contributed by atoms with Crippen molar-refractivity contribution in [3.8, 4) is 16.5 Å². The van der Waals surface area contributed by atoms with Gasteiger partial charge in [-0.1, -0.05) is 42.5 Å². The number of nitrogens with one attached hydrogen (secondary N) is 1. The van der Waals surface area contributed by atoms with Gasteiger partial charge in [0.25, 0.3) is 5.91 Å². The first kappa shape index (κ1) is 21.7. The van der Waals surface area contributed by atoms with Crippen LogP contribution in [0.25, 0.3) is 10.6 Å². The third kappa shape index (κ3) is 5.40. The summed E-state index contributed by atoms with van der Waals surface area (Å²) < 4.78 is 12.5. The molecular weight excluding hydrogens is 424 g/mol. The lowest BCUT2D eigenvalue weighted by Crippen LogP contribution is -2.23. The molecule has 3 heterocycles. The van der Waals surface area contributed by atoms with Crippen molar-refractivity contribution in [1.29, 1.82) is 0 Å². The molecule has 4 aromatic rings. The molecule has 32 heavy (non-hydrogen) atoms. The molecule has 0 saturated carbocycles. The predicted octanol–water partition coefficient (Wildman–Crippen LogP) is 4.01. The van der Waals surface area contributed by atoms with Crippen molar-refractivity contribution in [2.45, 2.75) is 13.1 Å². The van der Waals surface area contributed by atoms with E-state index >= 15 is 0 Å². The molecule has 0 aliphatic heterocycles. The van der Waals surface area contributed by atoms with Gasteiger partial charge in [-0.2, -0.15) is 5.10 Å².